The van der Waals surface area contributed by atoms with Crippen LogP contribution >= 0.6 is 0 Å². The average Bonchev–Trinajstić information content (AvgIpc) is 2.96. The van der Waals surface area contributed by atoms with Crippen LogP contribution in [0.15, 0.2) is 0 Å². The summed E-state index contributed by atoms with van der Waals surface area (Å²) < 4.78 is 0. The minimum Gasteiger partial charge on any atom is -0.355 e. The molecule has 0 aromatic rings. The molecule has 2 fully saturated rings. The summed E-state index contributed by atoms with van der Waals surface area (Å²) in [4.78, 5) is 11.8. The maximum atomic E-state index is 11.8. The molecule has 2 saturated carbocycles. The van der Waals surface area contributed by atoms with Gasteiger partial charge in [-0.05, 0) is 31.1 Å². The van der Waals surface area contributed by atoms with Crippen LogP contribution in [0, 0.1) is 28.6 Å². The second kappa shape index (κ2) is 3.84. The van der Waals surface area contributed by atoms with Gasteiger partial charge in [0.15, 0.2) is 0 Å². The fraction of sp³-hybridized carbons (Fsp3) is 0.833. The SMILES string of the molecule is CC1CC(C#N)(C(=O)NCCC2CC2)C1. The van der Waals surface area contributed by atoms with Crippen LogP contribution in [-0.4, -0.2) is 12.5 Å². The maximum absolute atomic E-state index is 11.8. The zero-order valence-corrected chi connectivity index (χ0v) is 9.25. The summed E-state index contributed by atoms with van der Waals surface area (Å²) in [5.41, 5.74) is -0.692. The number of hydrogen-bond donors (Lipinski definition) is 1. The largest absolute Gasteiger partial charge is 0.355 e. The molecule has 1 amide bonds. The standard InChI is InChI=1S/C12H18N2O/c1-9-6-12(7-9,8-13)11(15)14-5-4-10-2-3-10/h9-10H,2-7H2,1H3,(H,14,15). The second-order valence-electron chi connectivity index (χ2n) is 5.20. The molecule has 0 bridgehead atoms. The number of amides is 1. The molecule has 0 atom stereocenters. The van der Waals surface area contributed by atoms with Crippen molar-refractivity contribution in [3.8, 4) is 6.07 Å². The van der Waals surface area contributed by atoms with E-state index in [0.29, 0.717) is 5.92 Å². The third kappa shape index (κ3) is 2.14. The Morgan fingerprint density at radius 1 is 1.53 bits per heavy atom. The fourth-order valence-electron chi connectivity index (χ4n) is 2.42. The summed E-state index contributed by atoms with van der Waals surface area (Å²) >= 11 is 0. The summed E-state index contributed by atoms with van der Waals surface area (Å²) in [5.74, 6) is 1.33. The van der Waals surface area contributed by atoms with Gasteiger partial charge in [-0.3, -0.25) is 4.79 Å². The molecule has 1 N–H and O–H groups in total. The highest BCUT2D eigenvalue weighted by Gasteiger charge is 2.48. The molecule has 0 aliphatic heterocycles. The van der Waals surface area contributed by atoms with Gasteiger partial charge in [0.25, 0.3) is 0 Å². The Hall–Kier alpha value is -1.04. The van der Waals surface area contributed by atoms with Gasteiger partial charge in [-0.15, -0.1) is 0 Å². The van der Waals surface area contributed by atoms with Crippen molar-refractivity contribution < 1.29 is 4.79 Å². The van der Waals surface area contributed by atoms with Gasteiger partial charge in [-0.25, -0.2) is 0 Å². The van der Waals surface area contributed by atoms with E-state index in [0.717, 1.165) is 31.7 Å². The molecule has 2 aliphatic rings. The lowest BCUT2D eigenvalue weighted by Gasteiger charge is -2.39. The lowest BCUT2D eigenvalue weighted by molar-refractivity contribution is -0.133. The van der Waals surface area contributed by atoms with E-state index in [1.165, 1.54) is 12.8 Å². The molecule has 3 nitrogen and oxygen atoms in total. The predicted molar refractivity (Wildman–Crippen MR) is 56.8 cm³/mol. The molecule has 2 aliphatic carbocycles. The van der Waals surface area contributed by atoms with Gasteiger partial charge in [-0.1, -0.05) is 19.8 Å². The Balaban J connectivity index is 1.76. The van der Waals surface area contributed by atoms with Crippen molar-refractivity contribution >= 4 is 5.91 Å². The van der Waals surface area contributed by atoms with Gasteiger partial charge in [0, 0.05) is 6.54 Å². The normalized spacial score (nSPS) is 34.0. The third-order valence-corrected chi connectivity index (χ3v) is 3.58. The van der Waals surface area contributed by atoms with E-state index in [4.69, 9.17) is 5.26 Å². The Morgan fingerprint density at radius 2 is 2.20 bits per heavy atom. The molecule has 0 spiro atoms. The quantitative estimate of drug-likeness (QED) is 0.763. The molecule has 15 heavy (non-hydrogen) atoms. The number of nitrogens with one attached hydrogen (secondary N) is 1. The molecule has 0 aromatic carbocycles. The number of carbonyl (C=O) groups excluding carboxylic acids is 1. The summed E-state index contributed by atoms with van der Waals surface area (Å²) in [6.07, 6.45) is 5.19. The van der Waals surface area contributed by atoms with E-state index >= 15 is 0 Å². The Bertz CT molecular complexity index is 295. The summed E-state index contributed by atoms with van der Waals surface area (Å²) in [6, 6.07) is 2.19. The highest BCUT2D eigenvalue weighted by Crippen LogP contribution is 2.45. The van der Waals surface area contributed by atoms with Crippen molar-refractivity contribution in [1.82, 2.24) is 5.32 Å². The number of rotatable bonds is 4. The van der Waals surface area contributed by atoms with Gasteiger partial charge in [0.1, 0.15) is 5.41 Å². The molecular formula is C12H18N2O. The molecule has 0 aromatic heterocycles. The van der Waals surface area contributed by atoms with Crippen LogP contribution in [0.2, 0.25) is 0 Å². The number of carbonyl (C=O) groups is 1. The molecule has 0 heterocycles. The zero-order chi connectivity index (χ0) is 10.9. The van der Waals surface area contributed by atoms with Crippen molar-refractivity contribution in [1.29, 1.82) is 5.26 Å². The smallest absolute Gasteiger partial charge is 0.240 e. The van der Waals surface area contributed by atoms with Gasteiger partial charge >= 0.3 is 0 Å². The van der Waals surface area contributed by atoms with Crippen LogP contribution in [0.25, 0.3) is 0 Å². The minimum absolute atomic E-state index is 0.0382. The fourth-order valence-corrected chi connectivity index (χ4v) is 2.42. The first kappa shape index (κ1) is 10.5. The third-order valence-electron chi connectivity index (χ3n) is 3.58. The number of nitrogens with zero attached hydrogens (tertiary/aromatic N) is 1. The lowest BCUT2D eigenvalue weighted by atomic mass is 9.63. The molecule has 0 saturated heterocycles. The van der Waals surface area contributed by atoms with Gasteiger partial charge in [-0.2, -0.15) is 5.26 Å². The van der Waals surface area contributed by atoms with E-state index in [-0.39, 0.29) is 5.91 Å². The van der Waals surface area contributed by atoms with E-state index in [2.05, 4.69) is 18.3 Å². The van der Waals surface area contributed by atoms with E-state index in [1.807, 2.05) is 0 Å². The average molecular weight is 206 g/mol. The van der Waals surface area contributed by atoms with Crippen molar-refractivity contribution in [2.75, 3.05) is 6.54 Å². The molecule has 2 rings (SSSR count). The van der Waals surface area contributed by atoms with E-state index < -0.39 is 5.41 Å². The Labute approximate surface area is 90.8 Å². The second-order valence-corrected chi connectivity index (χ2v) is 5.20. The van der Waals surface area contributed by atoms with E-state index in [9.17, 15) is 4.79 Å². The highest BCUT2D eigenvalue weighted by molar-refractivity contribution is 5.86. The summed E-state index contributed by atoms with van der Waals surface area (Å²) in [6.45, 7) is 2.84. The van der Waals surface area contributed by atoms with Crippen molar-refractivity contribution in [3.05, 3.63) is 0 Å². The zero-order valence-electron chi connectivity index (χ0n) is 9.25. The molecule has 82 valence electrons. The van der Waals surface area contributed by atoms with Crippen LogP contribution in [-0.2, 0) is 4.79 Å². The summed E-state index contributed by atoms with van der Waals surface area (Å²) in [5, 5.41) is 11.9. The Morgan fingerprint density at radius 3 is 2.67 bits per heavy atom. The van der Waals surface area contributed by atoms with Gasteiger partial charge in [0.05, 0.1) is 6.07 Å². The number of nitriles is 1. The monoisotopic (exact) mass is 206 g/mol. The van der Waals surface area contributed by atoms with Crippen LogP contribution < -0.4 is 5.32 Å². The predicted octanol–water partition coefficient (Wildman–Crippen LogP) is 1.84. The molecular weight excluding hydrogens is 188 g/mol. The Kier molecular flexibility index (Phi) is 2.68. The minimum atomic E-state index is -0.692. The lowest BCUT2D eigenvalue weighted by Crippen LogP contribution is -2.48. The molecule has 3 heteroatoms. The maximum Gasteiger partial charge on any atom is 0.240 e. The van der Waals surface area contributed by atoms with Crippen LogP contribution in [0.5, 0.6) is 0 Å². The summed E-state index contributed by atoms with van der Waals surface area (Å²) in [7, 11) is 0. The first-order valence-electron chi connectivity index (χ1n) is 5.86. The van der Waals surface area contributed by atoms with Crippen molar-refractivity contribution in [2.24, 2.45) is 17.3 Å². The van der Waals surface area contributed by atoms with Gasteiger partial charge in [0.2, 0.25) is 5.91 Å². The first-order chi connectivity index (χ1) is 7.16. The van der Waals surface area contributed by atoms with Crippen molar-refractivity contribution in [2.45, 2.75) is 39.0 Å². The van der Waals surface area contributed by atoms with E-state index in [1.54, 1.807) is 0 Å². The van der Waals surface area contributed by atoms with Gasteiger partial charge < -0.3 is 5.32 Å². The topological polar surface area (TPSA) is 52.9 Å². The molecule has 0 radical (unpaired) electrons. The van der Waals surface area contributed by atoms with Crippen LogP contribution in [0.1, 0.15) is 39.0 Å². The van der Waals surface area contributed by atoms with Crippen LogP contribution in [0.4, 0.5) is 0 Å². The first-order valence-corrected chi connectivity index (χ1v) is 5.86. The van der Waals surface area contributed by atoms with Crippen molar-refractivity contribution in [3.63, 3.8) is 0 Å². The van der Waals surface area contributed by atoms with Crippen LogP contribution in [0.3, 0.4) is 0 Å². The molecule has 0 unspecified atom stereocenters. The number of hydrogen-bond acceptors (Lipinski definition) is 2. The highest BCUT2D eigenvalue weighted by atomic mass is 16.2.